The number of aryl methyl sites for hydroxylation is 1. The topological polar surface area (TPSA) is 87.7 Å². The summed E-state index contributed by atoms with van der Waals surface area (Å²) in [4.78, 5) is 28.9. The lowest BCUT2D eigenvalue weighted by Crippen LogP contribution is -2.48. The largest absolute Gasteiger partial charge is 0.497 e. The Hall–Kier alpha value is -2.33. The van der Waals surface area contributed by atoms with Gasteiger partial charge in [-0.1, -0.05) is 48.1 Å². The van der Waals surface area contributed by atoms with E-state index in [1.165, 1.54) is 35.9 Å². The summed E-state index contributed by atoms with van der Waals surface area (Å²) in [5, 5.41) is 12.5. The average molecular weight is 490 g/mol. The highest BCUT2D eigenvalue weighted by molar-refractivity contribution is 8.01. The highest BCUT2D eigenvalue weighted by Crippen LogP contribution is 2.29. The summed E-state index contributed by atoms with van der Waals surface area (Å²) in [6.07, 6.45) is 5.84. The van der Waals surface area contributed by atoms with Gasteiger partial charge in [-0.25, -0.2) is 0 Å². The number of hydrogen-bond donors (Lipinski definition) is 1. The summed E-state index contributed by atoms with van der Waals surface area (Å²) in [6, 6.07) is 8.21. The summed E-state index contributed by atoms with van der Waals surface area (Å²) in [6.45, 7) is 2.87. The first-order chi connectivity index (χ1) is 16.1. The van der Waals surface area contributed by atoms with Crippen LogP contribution in [0.15, 0.2) is 28.6 Å². The lowest BCUT2D eigenvalue weighted by Gasteiger charge is -2.34. The first kappa shape index (κ1) is 23.8. The van der Waals surface area contributed by atoms with Gasteiger partial charge >= 0.3 is 0 Å². The Kier molecular flexibility index (Phi) is 8.44. The Bertz CT molecular complexity index is 922. The predicted octanol–water partition coefficient (Wildman–Crippen LogP) is 2.98. The summed E-state index contributed by atoms with van der Waals surface area (Å²) < 4.78 is 5.99. The Morgan fingerprint density at radius 2 is 1.85 bits per heavy atom. The second-order valence-corrected chi connectivity index (χ2v) is 10.6. The molecular formula is C23H31N5O3S2. The smallest absolute Gasteiger partial charge is 0.230 e. The number of amides is 2. The monoisotopic (exact) mass is 489 g/mol. The van der Waals surface area contributed by atoms with Crippen LogP contribution in [0.25, 0.3) is 0 Å². The van der Waals surface area contributed by atoms with Gasteiger partial charge in [0.1, 0.15) is 5.75 Å². The highest BCUT2D eigenvalue weighted by atomic mass is 32.2. The van der Waals surface area contributed by atoms with E-state index in [0.29, 0.717) is 31.3 Å². The number of piperazine rings is 1. The number of anilines is 1. The lowest BCUT2D eigenvalue weighted by molar-refractivity contribution is -0.131. The summed E-state index contributed by atoms with van der Waals surface area (Å²) in [5.41, 5.74) is 1.14. The van der Waals surface area contributed by atoms with Crippen molar-refractivity contribution in [2.75, 3.05) is 43.9 Å². The van der Waals surface area contributed by atoms with Crippen LogP contribution < -0.4 is 15.0 Å². The molecule has 1 aliphatic heterocycles. The number of carbonyl (C=O) groups excluding carboxylic acids is 2. The van der Waals surface area contributed by atoms with Crippen molar-refractivity contribution in [3.63, 3.8) is 0 Å². The quantitative estimate of drug-likeness (QED) is 0.542. The zero-order valence-electron chi connectivity index (χ0n) is 19.0. The standard InChI is InChI=1S/C23H31N5O3S2/c1-31-19-9-6-17(7-10-19)8-11-21(30)27-12-14-28(15-13-27)22-25-26-23(33-22)32-16-20(29)24-18-4-2-3-5-18/h6-7,9-10,18H,2-5,8,11-16H2,1H3,(H,24,29). The summed E-state index contributed by atoms with van der Waals surface area (Å²) >= 11 is 2.96. The molecule has 1 N–H and O–H groups in total. The number of nitrogens with one attached hydrogen (secondary N) is 1. The molecule has 1 aliphatic carbocycles. The molecule has 0 atom stereocenters. The first-order valence-electron chi connectivity index (χ1n) is 11.5. The van der Waals surface area contributed by atoms with Crippen molar-refractivity contribution in [2.24, 2.45) is 0 Å². The summed E-state index contributed by atoms with van der Waals surface area (Å²) in [5.74, 6) is 1.46. The fraction of sp³-hybridized carbons (Fsp3) is 0.565. The van der Waals surface area contributed by atoms with Crippen LogP contribution in [0, 0.1) is 0 Å². The first-order valence-corrected chi connectivity index (χ1v) is 13.3. The number of ether oxygens (including phenoxy) is 1. The highest BCUT2D eigenvalue weighted by Gasteiger charge is 2.23. The third-order valence-corrected chi connectivity index (χ3v) is 8.25. The molecule has 33 heavy (non-hydrogen) atoms. The van der Waals surface area contributed by atoms with Gasteiger partial charge in [0.05, 0.1) is 12.9 Å². The number of hydrogen-bond acceptors (Lipinski definition) is 8. The van der Waals surface area contributed by atoms with E-state index in [2.05, 4.69) is 20.4 Å². The van der Waals surface area contributed by atoms with Gasteiger partial charge in [0.2, 0.25) is 16.9 Å². The summed E-state index contributed by atoms with van der Waals surface area (Å²) in [7, 11) is 1.65. The van der Waals surface area contributed by atoms with Gasteiger partial charge in [0, 0.05) is 38.6 Å². The number of benzene rings is 1. The number of rotatable bonds is 9. The molecular weight excluding hydrogens is 458 g/mol. The van der Waals surface area contributed by atoms with Crippen molar-refractivity contribution < 1.29 is 14.3 Å². The van der Waals surface area contributed by atoms with Crippen LogP contribution in [0.2, 0.25) is 0 Å². The van der Waals surface area contributed by atoms with Gasteiger partial charge in [-0.3, -0.25) is 9.59 Å². The van der Waals surface area contributed by atoms with E-state index < -0.39 is 0 Å². The zero-order valence-corrected chi connectivity index (χ0v) is 20.6. The number of carbonyl (C=O) groups is 2. The molecule has 1 aromatic heterocycles. The van der Waals surface area contributed by atoms with E-state index in [1.54, 1.807) is 7.11 Å². The molecule has 1 aromatic carbocycles. The molecule has 1 saturated carbocycles. The normalized spacial score (nSPS) is 16.8. The van der Waals surface area contributed by atoms with Crippen LogP contribution in [0.5, 0.6) is 5.75 Å². The van der Waals surface area contributed by atoms with Crippen LogP contribution in [-0.4, -0.2) is 72.0 Å². The zero-order chi connectivity index (χ0) is 23.0. The second kappa shape index (κ2) is 11.7. The van der Waals surface area contributed by atoms with Crippen molar-refractivity contribution in [2.45, 2.75) is 48.9 Å². The second-order valence-electron chi connectivity index (χ2n) is 8.40. The van der Waals surface area contributed by atoms with Crippen LogP contribution in [0.1, 0.15) is 37.7 Å². The molecule has 0 unspecified atom stereocenters. The van der Waals surface area contributed by atoms with E-state index in [-0.39, 0.29) is 11.8 Å². The van der Waals surface area contributed by atoms with Gasteiger partial charge in [-0.2, -0.15) is 0 Å². The van der Waals surface area contributed by atoms with E-state index >= 15 is 0 Å². The molecule has 2 aliphatic rings. The number of methoxy groups -OCH3 is 1. The fourth-order valence-electron chi connectivity index (χ4n) is 4.20. The van der Waals surface area contributed by atoms with Crippen LogP contribution in [-0.2, 0) is 16.0 Å². The molecule has 2 fully saturated rings. The maximum atomic E-state index is 12.6. The minimum Gasteiger partial charge on any atom is -0.497 e. The van der Waals surface area contributed by atoms with Gasteiger partial charge in [0.25, 0.3) is 0 Å². The maximum absolute atomic E-state index is 12.6. The maximum Gasteiger partial charge on any atom is 0.230 e. The molecule has 0 spiro atoms. The molecule has 4 rings (SSSR count). The average Bonchev–Trinajstić information content (AvgIpc) is 3.54. The number of thioether (sulfide) groups is 1. The molecule has 2 aromatic rings. The molecule has 0 bridgehead atoms. The molecule has 0 radical (unpaired) electrons. The van der Waals surface area contributed by atoms with Gasteiger partial charge in [-0.05, 0) is 37.0 Å². The Morgan fingerprint density at radius 3 is 2.55 bits per heavy atom. The van der Waals surface area contributed by atoms with Gasteiger partial charge < -0.3 is 19.9 Å². The minimum absolute atomic E-state index is 0.0745. The van der Waals surface area contributed by atoms with Crippen molar-refractivity contribution in [1.82, 2.24) is 20.4 Å². The van der Waals surface area contributed by atoms with Crippen molar-refractivity contribution in [3.05, 3.63) is 29.8 Å². The predicted molar refractivity (Wildman–Crippen MR) is 131 cm³/mol. The Balaban J connectivity index is 1.17. The third-order valence-electron chi connectivity index (χ3n) is 6.13. The van der Waals surface area contributed by atoms with Gasteiger partial charge in [0.15, 0.2) is 4.34 Å². The molecule has 1 saturated heterocycles. The fourth-order valence-corrected chi connectivity index (χ4v) is 5.91. The van der Waals surface area contributed by atoms with Crippen molar-refractivity contribution >= 4 is 40.0 Å². The molecule has 2 heterocycles. The van der Waals surface area contributed by atoms with E-state index in [1.807, 2.05) is 29.2 Å². The molecule has 8 nitrogen and oxygen atoms in total. The van der Waals surface area contributed by atoms with Crippen LogP contribution in [0.3, 0.4) is 0 Å². The van der Waals surface area contributed by atoms with Crippen molar-refractivity contribution in [3.8, 4) is 5.75 Å². The van der Waals surface area contributed by atoms with E-state index in [9.17, 15) is 9.59 Å². The minimum atomic E-state index is 0.0745. The Labute approximate surface area is 203 Å². The van der Waals surface area contributed by atoms with Crippen LogP contribution >= 0.6 is 23.1 Å². The Morgan fingerprint density at radius 1 is 1.12 bits per heavy atom. The lowest BCUT2D eigenvalue weighted by atomic mass is 10.1. The molecule has 178 valence electrons. The van der Waals surface area contributed by atoms with Crippen molar-refractivity contribution in [1.29, 1.82) is 0 Å². The number of aromatic nitrogens is 2. The molecule has 2 amide bonds. The van der Waals surface area contributed by atoms with E-state index in [0.717, 1.165) is 53.1 Å². The van der Waals surface area contributed by atoms with E-state index in [4.69, 9.17) is 4.74 Å². The molecule has 10 heteroatoms. The third kappa shape index (κ3) is 6.83. The van der Waals surface area contributed by atoms with Crippen LogP contribution in [0.4, 0.5) is 5.13 Å². The number of nitrogens with zero attached hydrogens (tertiary/aromatic N) is 4. The SMILES string of the molecule is COc1ccc(CCC(=O)N2CCN(c3nnc(SCC(=O)NC4CCCC4)s3)CC2)cc1. The van der Waals surface area contributed by atoms with Gasteiger partial charge in [-0.15, -0.1) is 10.2 Å².